The highest BCUT2D eigenvalue weighted by Crippen LogP contribution is 2.16. The lowest BCUT2D eigenvalue weighted by atomic mass is 10.2. The first-order valence-corrected chi connectivity index (χ1v) is 6.32. The van der Waals surface area contributed by atoms with Gasteiger partial charge >= 0.3 is 5.97 Å². The molecule has 0 atom stereocenters. The fourth-order valence-corrected chi connectivity index (χ4v) is 1.78. The lowest BCUT2D eigenvalue weighted by molar-refractivity contribution is 0.0473. The third kappa shape index (κ3) is 3.54. The Balaban J connectivity index is 2.05. The van der Waals surface area contributed by atoms with Crippen molar-refractivity contribution in [3.05, 3.63) is 63.9 Å². The van der Waals surface area contributed by atoms with Crippen LogP contribution in [0.1, 0.15) is 15.9 Å². The SMILES string of the molecule is Nc1ccc(F)cc1C(=O)OCc1ccc(Br)cc1. The summed E-state index contributed by atoms with van der Waals surface area (Å²) in [6.07, 6.45) is 0. The second-order valence-electron chi connectivity index (χ2n) is 3.93. The van der Waals surface area contributed by atoms with Crippen LogP contribution in [0, 0.1) is 5.82 Å². The number of hydrogen-bond acceptors (Lipinski definition) is 3. The highest BCUT2D eigenvalue weighted by atomic mass is 79.9. The molecule has 0 heterocycles. The van der Waals surface area contributed by atoms with Gasteiger partial charge in [-0.05, 0) is 35.9 Å². The van der Waals surface area contributed by atoms with Crippen molar-refractivity contribution in [2.24, 2.45) is 0 Å². The molecule has 2 aromatic rings. The van der Waals surface area contributed by atoms with Crippen molar-refractivity contribution in [1.82, 2.24) is 0 Å². The summed E-state index contributed by atoms with van der Waals surface area (Å²) < 4.78 is 19.1. The molecule has 0 bridgehead atoms. The molecule has 0 aliphatic rings. The van der Waals surface area contributed by atoms with Gasteiger partial charge in [-0.3, -0.25) is 0 Å². The molecule has 3 nitrogen and oxygen atoms in total. The second kappa shape index (κ2) is 5.84. The Kier molecular flexibility index (Phi) is 4.16. The molecule has 0 aliphatic carbocycles. The summed E-state index contributed by atoms with van der Waals surface area (Å²) in [5, 5.41) is 0. The Hall–Kier alpha value is -1.88. The van der Waals surface area contributed by atoms with Crippen LogP contribution in [0.3, 0.4) is 0 Å². The number of halogens is 2. The van der Waals surface area contributed by atoms with Crippen molar-refractivity contribution < 1.29 is 13.9 Å². The molecule has 0 radical (unpaired) electrons. The van der Waals surface area contributed by atoms with E-state index in [0.717, 1.165) is 16.1 Å². The number of esters is 1. The van der Waals surface area contributed by atoms with Gasteiger partial charge in [-0.15, -0.1) is 0 Å². The highest BCUT2D eigenvalue weighted by molar-refractivity contribution is 9.10. The van der Waals surface area contributed by atoms with Crippen LogP contribution in [0.25, 0.3) is 0 Å². The van der Waals surface area contributed by atoms with Gasteiger partial charge in [0.05, 0.1) is 5.56 Å². The Labute approximate surface area is 118 Å². The first-order chi connectivity index (χ1) is 9.06. The third-order valence-electron chi connectivity index (χ3n) is 2.52. The van der Waals surface area contributed by atoms with Crippen LogP contribution >= 0.6 is 15.9 Å². The van der Waals surface area contributed by atoms with Crippen molar-refractivity contribution in [1.29, 1.82) is 0 Å². The molecule has 0 spiro atoms. The van der Waals surface area contributed by atoms with Gasteiger partial charge in [-0.1, -0.05) is 28.1 Å². The van der Waals surface area contributed by atoms with E-state index in [0.29, 0.717) is 0 Å². The summed E-state index contributed by atoms with van der Waals surface area (Å²) in [4.78, 5) is 11.8. The van der Waals surface area contributed by atoms with Crippen LogP contribution in [0.4, 0.5) is 10.1 Å². The molecule has 5 heteroatoms. The van der Waals surface area contributed by atoms with E-state index >= 15 is 0 Å². The fraction of sp³-hybridized carbons (Fsp3) is 0.0714. The summed E-state index contributed by atoms with van der Waals surface area (Å²) in [6.45, 7) is 0.113. The molecule has 0 aliphatic heterocycles. The van der Waals surface area contributed by atoms with Gasteiger partial charge in [-0.2, -0.15) is 0 Å². The molecule has 2 rings (SSSR count). The minimum absolute atomic E-state index is 0.0390. The molecule has 0 fully saturated rings. The Morgan fingerprint density at radius 1 is 1.21 bits per heavy atom. The van der Waals surface area contributed by atoms with E-state index in [9.17, 15) is 9.18 Å². The molecule has 98 valence electrons. The number of nitrogens with two attached hydrogens (primary N) is 1. The smallest absolute Gasteiger partial charge is 0.340 e. The largest absolute Gasteiger partial charge is 0.457 e. The maximum absolute atomic E-state index is 13.0. The molecule has 0 amide bonds. The topological polar surface area (TPSA) is 52.3 Å². The number of carbonyl (C=O) groups excluding carboxylic acids is 1. The quantitative estimate of drug-likeness (QED) is 0.694. The average molecular weight is 324 g/mol. The second-order valence-corrected chi connectivity index (χ2v) is 4.85. The summed E-state index contributed by atoms with van der Waals surface area (Å²) in [5.41, 5.74) is 6.68. The van der Waals surface area contributed by atoms with Crippen LogP contribution in [0.5, 0.6) is 0 Å². The van der Waals surface area contributed by atoms with Crippen molar-refractivity contribution in [2.45, 2.75) is 6.61 Å². The van der Waals surface area contributed by atoms with Gasteiger partial charge < -0.3 is 10.5 Å². The molecule has 0 saturated carbocycles. The van der Waals surface area contributed by atoms with E-state index in [1.54, 1.807) is 0 Å². The lowest BCUT2D eigenvalue weighted by Crippen LogP contribution is -2.08. The Morgan fingerprint density at radius 3 is 2.58 bits per heavy atom. The van der Waals surface area contributed by atoms with Gasteiger partial charge in [0.15, 0.2) is 0 Å². The van der Waals surface area contributed by atoms with Crippen LogP contribution < -0.4 is 5.73 Å². The van der Waals surface area contributed by atoms with Crippen LogP contribution in [0.2, 0.25) is 0 Å². The monoisotopic (exact) mass is 323 g/mol. The molecular weight excluding hydrogens is 313 g/mol. The number of hydrogen-bond donors (Lipinski definition) is 1. The van der Waals surface area contributed by atoms with Crippen molar-refractivity contribution in [3.8, 4) is 0 Å². The zero-order chi connectivity index (χ0) is 13.8. The van der Waals surface area contributed by atoms with Crippen molar-refractivity contribution in [3.63, 3.8) is 0 Å². The first-order valence-electron chi connectivity index (χ1n) is 5.53. The Bertz CT molecular complexity index is 599. The molecule has 0 aromatic heterocycles. The van der Waals surface area contributed by atoms with Gasteiger partial charge in [-0.25, -0.2) is 9.18 Å². The molecule has 0 saturated heterocycles. The maximum Gasteiger partial charge on any atom is 0.340 e. The number of rotatable bonds is 3. The summed E-state index contributed by atoms with van der Waals surface area (Å²) >= 11 is 3.31. The number of anilines is 1. The maximum atomic E-state index is 13.0. The van der Waals surface area contributed by atoms with E-state index < -0.39 is 11.8 Å². The average Bonchev–Trinajstić information content (AvgIpc) is 2.40. The van der Waals surface area contributed by atoms with E-state index in [4.69, 9.17) is 10.5 Å². The minimum Gasteiger partial charge on any atom is -0.457 e. The summed E-state index contributed by atoms with van der Waals surface area (Å²) in [7, 11) is 0. The van der Waals surface area contributed by atoms with E-state index in [-0.39, 0.29) is 17.9 Å². The number of nitrogen functional groups attached to an aromatic ring is 1. The predicted molar refractivity (Wildman–Crippen MR) is 74.1 cm³/mol. The van der Waals surface area contributed by atoms with Crippen LogP contribution in [0.15, 0.2) is 46.9 Å². The number of ether oxygens (including phenoxy) is 1. The highest BCUT2D eigenvalue weighted by Gasteiger charge is 2.12. The van der Waals surface area contributed by atoms with Gasteiger partial charge in [0.2, 0.25) is 0 Å². The number of benzene rings is 2. The van der Waals surface area contributed by atoms with Crippen molar-refractivity contribution in [2.75, 3.05) is 5.73 Å². The first kappa shape index (κ1) is 13.5. The molecule has 19 heavy (non-hydrogen) atoms. The zero-order valence-corrected chi connectivity index (χ0v) is 11.5. The third-order valence-corrected chi connectivity index (χ3v) is 3.05. The normalized spacial score (nSPS) is 10.2. The number of carbonyl (C=O) groups is 1. The van der Waals surface area contributed by atoms with E-state index in [2.05, 4.69) is 15.9 Å². The molecule has 2 aromatic carbocycles. The van der Waals surface area contributed by atoms with E-state index in [1.165, 1.54) is 12.1 Å². The lowest BCUT2D eigenvalue weighted by Gasteiger charge is -2.07. The van der Waals surface area contributed by atoms with Crippen LogP contribution in [-0.4, -0.2) is 5.97 Å². The van der Waals surface area contributed by atoms with E-state index in [1.807, 2.05) is 24.3 Å². The van der Waals surface area contributed by atoms with Gasteiger partial charge in [0, 0.05) is 10.2 Å². The predicted octanol–water partition coefficient (Wildman–Crippen LogP) is 3.53. The molecular formula is C14H11BrFNO2. The standard InChI is InChI=1S/C14H11BrFNO2/c15-10-3-1-9(2-4-10)8-19-14(18)12-7-11(16)5-6-13(12)17/h1-7H,8,17H2. The van der Waals surface area contributed by atoms with Crippen LogP contribution in [-0.2, 0) is 11.3 Å². The zero-order valence-electron chi connectivity index (χ0n) is 9.90. The molecule has 0 unspecified atom stereocenters. The fourth-order valence-electron chi connectivity index (χ4n) is 1.51. The molecule has 2 N–H and O–H groups in total. The van der Waals surface area contributed by atoms with Crippen molar-refractivity contribution >= 4 is 27.6 Å². The Morgan fingerprint density at radius 2 is 1.89 bits per heavy atom. The summed E-state index contributed by atoms with van der Waals surface area (Å²) in [5.74, 6) is -1.16. The summed E-state index contributed by atoms with van der Waals surface area (Å²) in [6, 6.07) is 10.9. The minimum atomic E-state index is -0.639. The van der Waals surface area contributed by atoms with Gasteiger partial charge in [0.1, 0.15) is 12.4 Å². The van der Waals surface area contributed by atoms with Gasteiger partial charge in [0.25, 0.3) is 0 Å².